The Labute approximate surface area is 127 Å². The summed E-state index contributed by atoms with van der Waals surface area (Å²) < 4.78 is 4.69. The zero-order valence-electron chi connectivity index (χ0n) is 12.0. The first kappa shape index (κ1) is 14.1. The van der Waals surface area contributed by atoms with E-state index >= 15 is 0 Å². The van der Waals surface area contributed by atoms with Crippen LogP contribution in [0.5, 0.6) is 0 Å². The highest BCUT2D eigenvalue weighted by Crippen LogP contribution is 2.25. The van der Waals surface area contributed by atoms with E-state index in [1.54, 1.807) is 24.7 Å². The van der Waals surface area contributed by atoms with Crippen molar-refractivity contribution < 1.29 is 14.3 Å². The minimum Gasteiger partial charge on any atom is -0.469 e. The van der Waals surface area contributed by atoms with E-state index in [0.29, 0.717) is 11.6 Å². The molecule has 3 rings (SSSR count). The number of esters is 1. The largest absolute Gasteiger partial charge is 0.469 e. The Kier molecular flexibility index (Phi) is 3.78. The van der Waals surface area contributed by atoms with Crippen molar-refractivity contribution in [3.8, 4) is 11.3 Å². The average Bonchev–Trinajstić information content (AvgIpc) is 2.97. The van der Waals surface area contributed by atoms with Gasteiger partial charge in [-0.1, -0.05) is 0 Å². The Morgan fingerprint density at radius 3 is 2.77 bits per heavy atom. The Morgan fingerprint density at radius 2 is 2.05 bits per heavy atom. The van der Waals surface area contributed by atoms with Gasteiger partial charge in [-0.25, -0.2) is 9.97 Å². The second-order valence-electron chi connectivity index (χ2n) is 4.91. The highest BCUT2D eigenvalue weighted by Gasteiger charge is 2.37. The molecule has 7 heteroatoms. The summed E-state index contributed by atoms with van der Waals surface area (Å²) in [6, 6.07) is 5.42. The van der Waals surface area contributed by atoms with Crippen LogP contribution in [0.25, 0.3) is 11.3 Å². The maximum Gasteiger partial charge on any atom is 0.311 e. The maximum absolute atomic E-state index is 12.1. The summed E-state index contributed by atoms with van der Waals surface area (Å²) in [5.41, 5.74) is 1.58. The van der Waals surface area contributed by atoms with Gasteiger partial charge < -0.3 is 4.74 Å². The number of methoxy groups -OCH3 is 1. The summed E-state index contributed by atoms with van der Waals surface area (Å²) in [7, 11) is 1.32. The number of hydrogen-bond acceptors (Lipinski definition) is 6. The van der Waals surface area contributed by atoms with Crippen molar-refractivity contribution in [3.63, 3.8) is 0 Å². The van der Waals surface area contributed by atoms with Gasteiger partial charge in [0, 0.05) is 37.1 Å². The first-order chi connectivity index (χ1) is 10.7. The van der Waals surface area contributed by atoms with E-state index in [4.69, 9.17) is 4.74 Å². The summed E-state index contributed by atoms with van der Waals surface area (Å²) in [5.74, 6) is -0.736. The van der Waals surface area contributed by atoms with E-state index in [0.717, 1.165) is 5.56 Å². The second kappa shape index (κ2) is 5.88. The first-order valence-electron chi connectivity index (χ1n) is 6.80. The van der Waals surface area contributed by atoms with Gasteiger partial charge >= 0.3 is 5.97 Å². The molecule has 1 aliphatic heterocycles. The van der Waals surface area contributed by atoms with Crippen LogP contribution in [0.4, 0.5) is 5.95 Å². The molecule has 112 valence electrons. The molecule has 1 amide bonds. The lowest BCUT2D eigenvalue weighted by molar-refractivity contribution is -0.145. The summed E-state index contributed by atoms with van der Waals surface area (Å²) in [4.78, 5) is 37.6. The number of rotatable bonds is 3. The maximum atomic E-state index is 12.1. The molecule has 2 aromatic heterocycles. The summed E-state index contributed by atoms with van der Waals surface area (Å²) in [5, 5.41) is 0. The van der Waals surface area contributed by atoms with Gasteiger partial charge in [-0.3, -0.25) is 19.5 Å². The van der Waals surface area contributed by atoms with Gasteiger partial charge in [0.1, 0.15) is 0 Å². The van der Waals surface area contributed by atoms with Crippen LogP contribution >= 0.6 is 0 Å². The van der Waals surface area contributed by atoms with Crippen LogP contribution in [-0.4, -0.2) is 40.5 Å². The van der Waals surface area contributed by atoms with Gasteiger partial charge in [0.05, 0.1) is 18.7 Å². The summed E-state index contributed by atoms with van der Waals surface area (Å²) >= 11 is 0. The predicted molar refractivity (Wildman–Crippen MR) is 77.7 cm³/mol. The number of carbonyl (C=O) groups excluding carboxylic acids is 2. The van der Waals surface area contributed by atoms with Crippen molar-refractivity contribution in [2.45, 2.75) is 6.42 Å². The number of pyridine rings is 1. The molecule has 2 aromatic rings. The van der Waals surface area contributed by atoms with E-state index in [2.05, 4.69) is 15.0 Å². The Bertz CT molecular complexity index is 705. The zero-order chi connectivity index (χ0) is 15.5. The Balaban J connectivity index is 1.87. The third-order valence-corrected chi connectivity index (χ3v) is 3.52. The van der Waals surface area contributed by atoms with Crippen LogP contribution in [0.1, 0.15) is 6.42 Å². The number of aromatic nitrogens is 3. The minimum absolute atomic E-state index is 0.121. The molecule has 1 saturated heterocycles. The number of amides is 1. The quantitative estimate of drug-likeness (QED) is 0.788. The van der Waals surface area contributed by atoms with E-state index in [1.165, 1.54) is 12.0 Å². The fourth-order valence-corrected chi connectivity index (χ4v) is 2.39. The van der Waals surface area contributed by atoms with Crippen molar-refractivity contribution in [2.24, 2.45) is 5.92 Å². The molecule has 0 saturated carbocycles. The molecule has 0 spiro atoms. The van der Waals surface area contributed by atoms with Gasteiger partial charge in [0.2, 0.25) is 11.9 Å². The summed E-state index contributed by atoms with van der Waals surface area (Å²) in [6.07, 6.45) is 5.06. The Morgan fingerprint density at radius 1 is 1.27 bits per heavy atom. The van der Waals surface area contributed by atoms with Crippen molar-refractivity contribution in [1.29, 1.82) is 0 Å². The molecule has 0 N–H and O–H groups in total. The van der Waals surface area contributed by atoms with E-state index in [1.807, 2.05) is 12.1 Å². The molecule has 0 bridgehead atoms. The zero-order valence-corrected chi connectivity index (χ0v) is 12.0. The van der Waals surface area contributed by atoms with E-state index < -0.39 is 5.92 Å². The number of hydrogen-bond donors (Lipinski definition) is 0. The molecular formula is C15H14N4O3. The number of nitrogens with zero attached hydrogens (tertiary/aromatic N) is 4. The van der Waals surface area contributed by atoms with Crippen LogP contribution < -0.4 is 4.90 Å². The van der Waals surface area contributed by atoms with Crippen molar-refractivity contribution >= 4 is 17.8 Å². The molecule has 22 heavy (non-hydrogen) atoms. The van der Waals surface area contributed by atoms with Crippen molar-refractivity contribution in [1.82, 2.24) is 15.0 Å². The molecule has 7 nitrogen and oxygen atoms in total. The fourth-order valence-electron chi connectivity index (χ4n) is 2.39. The smallest absolute Gasteiger partial charge is 0.311 e. The second-order valence-corrected chi connectivity index (χ2v) is 4.91. The molecule has 1 aliphatic rings. The van der Waals surface area contributed by atoms with Gasteiger partial charge in [0.15, 0.2) is 0 Å². The minimum atomic E-state index is -0.467. The van der Waals surface area contributed by atoms with E-state index in [9.17, 15) is 9.59 Å². The highest BCUT2D eigenvalue weighted by atomic mass is 16.5. The van der Waals surface area contributed by atoms with Crippen LogP contribution in [-0.2, 0) is 14.3 Å². The normalized spacial score (nSPS) is 17.6. The lowest BCUT2D eigenvalue weighted by Gasteiger charge is -2.14. The third kappa shape index (κ3) is 2.65. The SMILES string of the molecule is COC(=O)C1CC(=O)N(c2nccc(-c3ccncc3)n2)C1. The molecule has 0 aliphatic carbocycles. The monoisotopic (exact) mass is 298 g/mol. The van der Waals surface area contributed by atoms with Gasteiger partial charge in [0.25, 0.3) is 0 Å². The van der Waals surface area contributed by atoms with Crippen LogP contribution in [0.15, 0.2) is 36.8 Å². The molecule has 1 unspecified atom stereocenters. The van der Waals surface area contributed by atoms with Crippen molar-refractivity contribution in [2.75, 3.05) is 18.6 Å². The lowest BCUT2D eigenvalue weighted by atomic mass is 10.1. The van der Waals surface area contributed by atoms with Gasteiger partial charge in [-0.15, -0.1) is 0 Å². The first-order valence-corrected chi connectivity index (χ1v) is 6.80. The third-order valence-electron chi connectivity index (χ3n) is 3.52. The van der Waals surface area contributed by atoms with Crippen LogP contribution in [0.3, 0.4) is 0 Å². The summed E-state index contributed by atoms with van der Waals surface area (Å²) in [6.45, 7) is 0.241. The van der Waals surface area contributed by atoms with Crippen LogP contribution in [0.2, 0.25) is 0 Å². The highest BCUT2D eigenvalue weighted by molar-refractivity contribution is 5.98. The predicted octanol–water partition coefficient (Wildman–Crippen LogP) is 1.06. The van der Waals surface area contributed by atoms with Gasteiger partial charge in [-0.2, -0.15) is 0 Å². The fraction of sp³-hybridized carbons (Fsp3) is 0.267. The molecule has 1 atom stereocenters. The molecule has 0 aromatic carbocycles. The molecule has 0 radical (unpaired) electrons. The van der Waals surface area contributed by atoms with Crippen LogP contribution in [0, 0.1) is 5.92 Å². The van der Waals surface area contributed by atoms with E-state index in [-0.39, 0.29) is 24.8 Å². The lowest BCUT2D eigenvalue weighted by Crippen LogP contribution is -2.28. The molecule has 1 fully saturated rings. The van der Waals surface area contributed by atoms with Gasteiger partial charge in [-0.05, 0) is 18.2 Å². The Hall–Kier alpha value is -2.83. The molecular weight excluding hydrogens is 284 g/mol. The topological polar surface area (TPSA) is 85.3 Å². The van der Waals surface area contributed by atoms with Crippen molar-refractivity contribution in [3.05, 3.63) is 36.8 Å². The standard InChI is InChI=1S/C15H14N4O3/c1-22-14(21)11-8-13(20)19(9-11)15-17-7-4-12(18-15)10-2-5-16-6-3-10/h2-7,11H,8-9H2,1H3. The molecule has 3 heterocycles. The number of carbonyl (C=O) groups is 2. The average molecular weight is 298 g/mol. The number of ether oxygens (including phenoxy) is 1. The number of anilines is 1.